The second kappa shape index (κ2) is 6.80. The van der Waals surface area contributed by atoms with Crippen molar-refractivity contribution < 1.29 is 4.79 Å². The molecule has 2 saturated carbocycles. The lowest BCUT2D eigenvalue weighted by atomic mass is 9.95. The van der Waals surface area contributed by atoms with Gasteiger partial charge in [0.05, 0.1) is 5.75 Å². The third kappa shape index (κ3) is 3.69. The highest BCUT2D eigenvalue weighted by atomic mass is 35.5. The van der Waals surface area contributed by atoms with Crippen molar-refractivity contribution in [1.82, 2.24) is 5.32 Å². The first-order chi connectivity index (χ1) is 10.1. The molecule has 21 heavy (non-hydrogen) atoms. The maximum absolute atomic E-state index is 12.0. The monoisotopic (exact) mass is 343 g/mol. The standard InChI is InChI=1S/C16H19Cl2NOS/c17-13-2-1-3-14(18)12(13)8-21-9-16(20)19-15-7-10-4-5-11(15)6-10/h1-3,10-11,15H,4-9H2,(H,19,20)/t10-,11-,15-/m0/s1. The van der Waals surface area contributed by atoms with Gasteiger partial charge in [-0.1, -0.05) is 35.7 Å². The fourth-order valence-electron chi connectivity index (χ4n) is 3.59. The van der Waals surface area contributed by atoms with Gasteiger partial charge in [-0.3, -0.25) is 4.79 Å². The average Bonchev–Trinajstić information content (AvgIpc) is 3.04. The minimum absolute atomic E-state index is 0.140. The van der Waals surface area contributed by atoms with Crippen LogP contribution in [0.1, 0.15) is 31.2 Å². The lowest BCUT2D eigenvalue weighted by molar-refractivity contribution is -0.119. The molecule has 5 heteroatoms. The Morgan fingerprint density at radius 3 is 2.62 bits per heavy atom. The molecule has 114 valence electrons. The molecule has 2 aliphatic rings. The highest BCUT2D eigenvalue weighted by Crippen LogP contribution is 2.44. The molecule has 0 aliphatic heterocycles. The number of carbonyl (C=O) groups excluding carboxylic acids is 1. The second-order valence-electron chi connectivity index (χ2n) is 6.04. The molecular formula is C16H19Cl2NOS. The number of nitrogens with one attached hydrogen (secondary N) is 1. The van der Waals surface area contributed by atoms with Crippen LogP contribution in [0.5, 0.6) is 0 Å². The van der Waals surface area contributed by atoms with Crippen molar-refractivity contribution in [2.45, 2.75) is 37.5 Å². The molecular weight excluding hydrogens is 325 g/mol. The van der Waals surface area contributed by atoms with Crippen LogP contribution in [0.15, 0.2) is 18.2 Å². The topological polar surface area (TPSA) is 29.1 Å². The average molecular weight is 344 g/mol. The molecule has 0 saturated heterocycles. The van der Waals surface area contributed by atoms with E-state index in [1.807, 2.05) is 18.2 Å². The molecule has 0 radical (unpaired) electrons. The number of fused-ring (bicyclic) bond motifs is 2. The van der Waals surface area contributed by atoms with Gasteiger partial charge in [0.2, 0.25) is 5.91 Å². The quantitative estimate of drug-likeness (QED) is 0.850. The molecule has 2 nitrogen and oxygen atoms in total. The molecule has 2 aliphatic carbocycles. The second-order valence-corrected chi connectivity index (χ2v) is 7.84. The van der Waals surface area contributed by atoms with Crippen molar-refractivity contribution in [2.24, 2.45) is 11.8 Å². The number of carbonyl (C=O) groups is 1. The Labute approximate surface area is 140 Å². The van der Waals surface area contributed by atoms with E-state index in [1.54, 1.807) is 11.8 Å². The van der Waals surface area contributed by atoms with Crippen LogP contribution in [0.25, 0.3) is 0 Å². The summed E-state index contributed by atoms with van der Waals surface area (Å²) >= 11 is 13.8. The van der Waals surface area contributed by atoms with Gasteiger partial charge in [-0.05, 0) is 48.8 Å². The molecule has 0 unspecified atom stereocenters. The van der Waals surface area contributed by atoms with E-state index in [1.165, 1.54) is 25.7 Å². The molecule has 2 fully saturated rings. The lowest BCUT2D eigenvalue weighted by Crippen LogP contribution is -2.39. The Bertz CT molecular complexity index is 517. The molecule has 1 aromatic rings. The smallest absolute Gasteiger partial charge is 0.230 e. The predicted molar refractivity (Wildman–Crippen MR) is 90.0 cm³/mol. The van der Waals surface area contributed by atoms with E-state index in [2.05, 4.69) is 5.32 Å². The van der Waals surface area contributed by atoms with E-state index >= 15 is 0 Å². The summed E-state index contributed by atoms with van der Waals surface area (Å²) in [5.41, 5.74) is 0.915. The highest BCUT2D eigenvalue weighted by Gasteiger charge is 2.39. The number of amides is 1. The Morgan fingerprint density at radius 1 is 1.24 bits per heavy atom. The van der Waals surface area contributed by atoms with Crippen molar-refractivity contribution in [3.8, 4) is 0 Å². The van der Waals surface area contributed by atoms with Gasteiger partial charge in [0, 0.05) is 21.8 Å². The highest BCUT2D eigenvalue weighted by molar-refractivity contribution is 7.99. The van der Waals surface area contributed by atoms with Crippen LogP contribution in [0.4, 0.5) is 0 Å². The van der Waals surface area contributed by atoms with Crippen molar-refractivity contribution >= 4 is 40.9 Å². The molecule has 3 atom stereocenters. The van der Waals surface area contributed by atoms with E-state index in [0.29, 0.717) is 27.6 Å². The van der Waals surface area contributed by atoms with Gasteiger partial charge in [-0.25, -0.2) is 0 Å². The number of thioether (sulfide) groups is 1. The van der Waals surface area contributed by atoms with Crippen molar-refractivity contribution in [3.63, 3.8) is 0 Å². The SMILES string of the molecule is O=C(CSCc1c(Cl)cccc1Cl)N[C@H]1C[C@H]2CC[C@H]1C2. The maximum atomic E-state index is 12.0. The van der Waals surface area contributed by atoms with Gasteiger partial charge >= 0.3 is 0 Å². The summed E-state index contributed by atoms with van der Waals surface area (Å²) in [6.45, 7) is 0. The Morgan fingerprint density at radius 2 is 2.00 bits per heavy atom. The predicted octanol–water partition coefficient (Wildman–Crippen LogP) is 4.53. The largest absolute Gasteiger partial charge is 0.352 e. The zero-order chi connectivity index (χ0) is 14.8. The summed E-state index contributed by atoms with van der Waals surface area (Å²) < 4.78 is 0. The summed E-state index contributed by atoms with van der Waals surface area (Å²) in [5.74, 6) is 2.86. The molecule has 0 aromatic heterocycles. The zero-order valence-electron chi connectivity index (χ0n) is 11.8. The normalized spacial score (nSPS) is 27.0. The van der Waals surface area contributed by atoms with Crippen LogP contribution in [-0.2, 0) is 10.5 Å². The Kier molecular flexibility index (Phi) is 5.03. The van der Waals surface area contributed by atoms with Crippen LogP contribution >= 0.6 is 35.0 Å². The van der Waals surface area contributed by atoms with E-state index in [9.17, 15) is 4.79 Å². The fraction of sp³-hybridized carbons (Fsp3) is 0.562. The summed E-state index contributed by atoms with van der Waals surface area (Å²) in [6.07, 6.45) is 5.14. The number of rotatable bonds is 5. The van der Waals surface area contributed by atoms with E-state index in [4.69, 9.17) is 23.2 Å². The summed E-state index contributed by atoms with van der Waals surface area (Å²) in [6, 6.07) is 5.92. The number of halogens is 2. The maximum Gasteiger partial charge on any atom is 0.230 e. The first-order valence-electron chi connectivity index (χ1n) is 7.43. The first kappa shape index (κ1) is 15.5. The number of hydrogen-bond donors (Lipinski definition) is 1. The number of hydrogen-bond acceptors (Lipinski definition) is 2. The van der Waals surface area contributed by atoms with Crippen molar-refractivity contribution in [2.75, 3.05) is 5.75 Å². The third-order valence-electron chi connectivity index (χ3n) is 4.63. The molecule has 1 aromatic carbocycles. The fourth-order valence-corrected chi connectivity index (χ4v) is 5.16. The van der Waals surface area contributed by atoms with Crippen LogP contribution in [-0.4, -0.2) is 17.7 Å². The van der Waals surface area contributed by atoms with Gasteiger partial charge in [0.25, 0.3) is 0 Å². The molecule has 2 bridgehead atoms. The number of benzene rings is 1. The van der Waals surface area contributed by atoms with E-state index in [-0.39, 0.29) is 5.91 Å². The van der Waals surface area contributed by atoms with Gasteiger partial charge in [-0.2, -0.15) is 0 Å². The third-order valence-corrected chi connectivity index (χ3v) is 6.29. The van der Waals surface area contributed by atoms with Gasteiger partial charge in [0.15, 0.2) is 0 Å². The van der Waals surface area contributed by atoms with Crippen LogP contribution in [0, 0.1) is 11.8 Å². The van der Waals surface area contributed by atoms with Crippen molar-refractivity contribution in [3.05, 3.63) is 33.8 Å². The van der Waals surface area contributed by atoms with Gasteiger partial charge in [-0.15, -0.1) is 11.8 Å². The van der Waals surface area contributed by atoms with Crippen LogP contribution in [0.2, 0.25) is 10.0 Å². The molecule has 0 heterocycles. The van der Waals surface area contributed by atoms with Gasteiger partial charge < -0.3 is 5.32 Å². The molecule has 0 spiro atoms. The van der Waals surface area contributed by atoms with Crippen LogP contribution < -0.4 is 5.32 Å². The molecule has 3 rings (SSSR count). The summed E-state index contributed by atoms with van der Waals surface area (Å²) in [5, 5.41) is 4.54. The molecule has 1 amide bonds. The van der Waals surface area contributed by atoms with E-state index in [0.717, 1.165) is 17.4 Å². The minimum atomic E-state index is 0.140. The Hall–Kier alpha value is -0.380. The summed E-state index contributed by atoms with van der Waals surface area (Å²) in [4.78, 5) is 12.0. The van der Waals surface area contributed by atoms with Crippen molar-refractivity contribution in [1.29, 1.82) is 0 Å². The van der Waals surface area contributed by atoms with Crippen LogP contribution in [0.3, 0.4) is 0 Å². The lowest BCUT2D eigenvalue weighted by Gasteiger charge is -2.22. The Balaban J connectivity index is 1.44. The molecule has 1 N–H and O–H groups in total. The van der Waals surface area contributed by atoms with E-state index < -0.39 is 0 Å². The zero-order valence-corrected chi connectivity index (χ0v) is 14.1. The first-order valence-corrected chi connectivity index (χ1v) is 9.34. The summed E-state index contributed by atoms with van der Waals surface area (Å²) in [7, 11) is 0. The minimum Gasteiger partial charge on any atom is -0.352 e. The van der Waals surface area contributed by atoms with Gasteiger partial charge in [0.1, 0.15) is 0 Å².